The molecule has 0 aliphatic carbocycles. The normalized spacial score (nSPS) is 10.6. The monoisotopic (exact) mass is 1470 g/mol. The van der Waals surface area contributed by atoms with Crippen molar-refractivity contribution < 1.29 is 77.6 Å². The average molecular weight is 1470 g/mol. The number of aliphatic hydroxyl groups excluding tert-OH is 2. The molecular formula is C80H74N6O16S3. The van der Waals surface area contributed by atoms with Gasteiger partial charge >= 0.3 is 0 Å². The largest absolute Gasteiger partial charge is 0.505 e. The third kappa shape index (κ3) is 17.7. The van der Waals surface area contributed by atoms with Crippen LogP contribution >= 0.6 is 34.0 Å². The molecule has 0 fully saturated rings. The van der Waals surface area contributed by atoms with Crippen LogP contribution in [0.15, 0.2) is 162 Å². The lowest BCUT2D eigenvalue weighted by atomic mass is 10.0. The molecule has 0 radical (unpaired) electrons. The molecule has 0 unspecified atom stereocenters. The van der Waals surface area contributed by atoms with E-state index in [1.807, 2.05) is 78.5 Å². The van der Waals surface area contributed by atoms with Gasteiger partial charge in [0, 0.05) is 97.9 Å². The summed E-state index contributed by atoms with van der Waals surface area (Å²) in [6, 6.07) is 38.3. The first-order chi connectivity index (χ1) is 50.3. The number of rotatable bonds is 25. The van der Waals surface area contributed by atoms with Crippen LogP contribution in [0.4, 0.5) is 0 Å². The molecule has 25 heteroatoms. The molecule has 538 valence electrons. The van der Waals surface area contributed by atoms with Gasteiger partial charge in [-0.1, -0.05) is 67.9 Å². The van der Waals surface area contributed by atoms with Crippen LogP contribution in [0.3, 0.4) is 0 Å². The van der Waals surface area contributed by atoms with E-state index >= 15 is 0 Å². The first-order valence-corrected chi connectivity index (χ1v) is 34.7. The zero-order valence-corrected chi connectivity index (χ0v) is 59.8. The molecule has 0 atom stereocenters. The fourth-order valence-electron chi connectivity index (χ4n) is 11.0. The highest BCUT2D eigenvalue weighted by Gasteiger charge is 2.24. The van der Waals surface area contributed by atoms with E-state index in [9.17, 15) is 39.0 Å². The number of hydrogen-bond acceptors (Lipinski definition) is 22. The lowest BCUT2D eigenvalue weighted by molar-refractivity contribution is 0.0900. The molecule has 0 spiro atoms. The summed E-state index contributed by atoms with van der Waals surface area (Å²) < 4.78 is 35.0. The van der Waals surface area contributed by atoms with Crippen LogP contribution in [0, 0.1) is 33.1 Å². The van der Waals surface area contributed by atoms with Gasteiger partial charge in [0.2, 0.25) is 5.78 Å². The molecule has 12 rings (SSSR count). The number of aromatic hydroxyl groups is 2. The van der Waals surface area contributed by atoms with Crippen molar-refractivity contribution in [1.29, 1.82) is 0 Å². The molecule has 0 saturated carbocycles. The Kier molecular flexibility index (Phi) is 26.2. The third-order valence-corrected chi connectivity index (χ3v) is 19.7. The molecule has 3 amide bonds. The number of Topliss-reactive ketones (excluding diaryl/α,β-unsaturated/α-hetero) is 3. The molecule has 0 saturated heterocycles. The Hall–Kier alpha value is -12.1. The summed E-state index contributed by atoms with van der Waals surface area (Å²) in [5.74, 6) is 1.79. The second kappa shape index (κ2) is 35.7. The number of carbonyl (C=O) groups excluding carboxylic acids is 6. The van der Waals surface area contributed by atoms with Gasteiger partial charge in [0.05, 0.1) is 72.5 Å². The highest BCUT2D eigenvalue weighted by molar-refractivity contribution is 7.18. The van der Waals surface area contributed by atoms with Crippen LogP contribution in [0.25, 0.3) is 63.9 Å². The SMILES string of the molecule is C.C#Cc1cc(C(=O)CNC(=O)c2ccc(OCCO)c(OC)c2)nc(-c2csc3c(C)cccc23)c1.COc1cc(C(=O)NCC(=O)c2nccc(-c3csc4c(C)cccc34)c2O)ccc1OCCO.COc1ccc(C(=O)NCC(=O)c2ccnc(-c3csc4c(C)cccc34)c2O)cc1OC. The van der Waals surface area contributed by atoms with Crippen LogP contribution in [0.5, 0.6) is 46.0 Å². The van der Waals surface area contributed by atoms with Crippen molar-refractivity contribution in [3.8, 4) is 92.0 Å². The first-order valence-electron chi connectivity index (χ1n) is 32.1. The molecular weight excluding hydrogens is 1400 g/mol. The number of aromatic nitrogens is 3. The topological polar surface area (TPSA) is 313 Å². The minimum atomic E-state index is -0.525. The first kappa shape index (κ1) is 77.1. The Labute approximate surface area is 616 Å². The van der Waals surface area contributed by atoms with E-state index in [0.717, 1.165) is 58.1 Å². The summed E-state index contributed by atoms with van der Waals surface area (Å²) in [5, 5.41) is 56.2. The van der Waals surface area contributed by atoms with Crippen molar-refractivity contribution in [3.63, 3.8) is 0 Å². The van der Waals surface area contributed by atoms with Gasteiger partial charge in [-0.15, -0.1) is 40.4 Å². The summed E-state index contributed by atoms with van der Waals surface area (Å²) in [6.45, 7) is 5.10. The van der Waals surface area contributed by atoms with E-state index in [1.165, 1.54) is 76.7 Å². The van der Waals surface area contributed by atoms with Gasteiger partial charge in [0.1, 0.15) is 24.6 Å². The molecule has 0 bridgehead atoms. The number of ketones is 3. The van der Waals surface area contributed by atoms with Crippen LogP contribution < -0.4 is 44.4 Å². The van der Waals surface area contributed by atoms with Crippen LogP contribution in [0.2, 0.25) is 0 Å². The number of aryl methyl sites for hydroxylation is 3. The molecule has 0 aliphatic heterocycles. The second-order valence-corrected chi connectivity index (χ2v) is 25.6. The van der Waals surface area contributed by atoms with E-state index in [1.54, 1.807) is 82.5 Å². The maximum Gasteiger partial charge on any atom is 0.251 e. The van der Waals surface area contributed by atoms with E-state index < -0.39 is 29.3 Å². The number of methoxy groups -OCH3 is 4. The number of terminal acetylenes is 1. The van der Waals surface area contributed by atoms with Gasteiger partial charge < -0.3 is 64.8 Å². The van der Waals surface area contributed by atoms with Gasteiger partial charge in [-0.25, -0.2) is 9.97 Å². The maximum atomic E-state index is 13.0. The average Bonchev–Trinajstić information content (AvgIpc) is 1.67. The maximum absolute atomic E-state index is 13.0. The van der Waals surface area contributed by atoms with Crippen LogP contribution in [0.1, 0.15) is 92.1 Å². The Morgan fingerprint density at radius 2 is 0.914 bits per heavy atom. The van der Waals surface area contributed by atoms with E-state index in [0.29, 0.717) is 68.1 Å². The highest BCUT2D eigenvalue weighted by atomic mass is 32.1. The molecule has 0 aliphatic rings. The molecule has 6 aromatic heterocycles. The third-order valence-electron chi connectivity index (χ3n) is 16.3. The Bertz CT molecular complexity index is 5270. The van der Waals surface area contributed by atoms with Gasteiger partial charge in [0.25, 0.3) is 17.7 Å². The Balaban J connectivity index is 0.000000182. The lowest BCUT2D eigenvalue weighted by Gasteiger charge is -2.12. The zero-order chi connectivity index (χ0) is 74.1. The number of thiophene rings is 3. The number of aliphatic hydroxyl groups is 2. The van der Waals surface area contributed by atoms with Crippen LogP contribution in [-0.2, 0) is 0 Å². The molecule has 7 N–H and O–H groups in total. The molecule has 105 heavy (non-hydrogen) atoms. The van der Waals surface area contributed by atoms with Gasteiger partial charge in [-0.05, 0) is 122 Å². The Morgan fingerprint density at radius 3 is 1.41 bits per heavy atom. The van der Waals surface area contributed by atoms with Crippen LogP contribution in [-0.4, -0.2) is 145 Å². The lowest BCUT2D eigenvalue weighted by Crippen LogP contribution is -2.30. The molecule has 12 aromatic rings. The van der Waals surface area contributed by atoms with Crippen molar-refractivity contribution in [1.82, 2.24) is 30.9 Å². The summed E-state index contributed by atoms with van der Waals surface area (Å²) in [4.78, 5) is 89.4. The number of carbonyl (C=O) groups is 6. The molecule has 6 heterocycles. The zero-order valence-electron chi connectivity index (χ0n) is 57.4. The van der Waals surface area contributed by atoms with Crippen molar-refractivity contribution >= 4 is 99.3 Å². The van der Waals surface area contributed by atoms with Crippen molar-refractivity contribution in [2.45, 2.75) is 28.2 Å². The Morgan fingerprint density at radius 1 is 0.476 bits per heavy atom. The summed E-state index contributed by atoms with van der Waals surface area (Å²) in [6.07, 6.45) is 8.61. The van der Waals surface area contributed by atoms with Gasteiger partial charge in [-0.3, -0.25) is 33.8 Å². The quantitative estimate of drug-likeness (QED) is 0.0206. The molecule has 6 aromatic carbocycles. The smallest absolute Gasteiger partial charge is 0.251 e. The second-order valence-electron chi connectivity index (χ2n) is 22.9. The number of pyridine rings is 3. The fourth-order valence-corrected chi connectivity index (χ4v) is 14.2. The van der Waals surface area contributed by atoms with Crippen molar-refractivity contribution in [2.24, 2.45) is 0 Å². The number of ether oxygens (including phenoxy) is 6. The van der Waals surface area contributed by atoms with E-state index in [2.05, 4.69) is 49.8 Å². The number of benzene rings is 6. The summed E-state index contributed by atoms with van der Waals surface area (Å²) in [5.41, 5.74) is 8.96. The minimum Gasteiger partial charge on any atom is -0.505 e. The van der Waals surface area contributed by atoms with E-state index in [4.69, 9.17) is 45.1 Å². The van der Waals surface area contributed by atoms with Gasteiger partial charge in [0.15, 0.2) is 63.3 Å². The highest BCUT2D eigenvalue weighted by Crippen LogP contribution is 2.42. The number of nitrogens with zero attached hydrogens (tertiary/aromatic N) is 3. The number of fused-ring (bicyclic) bond motifs is 3. The predicted octanol–water partition coefficient (Wildman–Crippen LogP) is 13.5. The number of nitrogens with one attached hydrogen (secondary N) is 3. The molecule has 22 nitrogen and oxygen atoms in total. The van der Waals surface area contributed by atoms with Gasteiger partial charge in [-0.2, -0.15) is 0 Å². The summed E-state index contributed by atoms with van der Waals surface area (Å²) in [7, 11) is 5.87. The van der Waals surface area contributed by atoms with Crippen molar-refractivity contribution in [3.05, 3.63) is 218 Å². The summed E-state index contributed by atoms with van der Waals surface area (Å²) >= 11 is 4.75. The predicted molar refractivity (Wildman–Crippen MR) is 408 cm³/mol. The fraction of sp³-hybridized carbons (Fsp3) is 0.188. The standard InChI is InChI=1S/C28H24N2O5S.C26H24N2O6S.C25H22N2O5S.CH4/c1-4-18-12-22(21-16-36-27-17(2)6-5-7-20(21)27)30-23(13-18)24(32)15-29-28(33)19-8-9-25(35-11-10-31)26(14-19)34-3;1-15-4-3-5-18-19(14-35-25(15)18)17-8-9-27-23(24(17)31)20(30)13-28-26(32)16-6-7-21(34-11-10-29)22(12-16)33-2;1-14-5-4-6-16-18(13-33-24(14)16)22-23(29)17(9-10-26-22)19(28)12-27-25(30)15-7-8-20(31-2)21(11-15)32-3;/h1,5-9,12-14,16,31H,10-11,15H2,2-3H3,(H,29,33);3-9,12,14,29,31H,10-11,13H2,1-2H3,(H,28,32);4-11,13,29H,12H2,1-3H3,(H,27,30);1H4. The number of hydrogen-bond donors (Lipinski definition) is 7. The number of amides is 3. The minimum absolute atomic E-state index is 0. The van der Waals surface area contributed by atoms with Crippen molar-refractivity contribution in [2.75, 3.05) is 74.5 Å². The van der Waals surface area contributed by atoms with E-state index in [-0.39, 0.29) is 93.3 Å².